The standard InChI is InChI=1S/C13H12N2O7S/c1-23(19,20)10-4-2-9(3-5-10)12-13(15(17)18)11(22-14-12)6-7-21-8-16/h2-5,8H,6-7H2,1H3. The Bertz CT molecular complexity index is 825. The van der Waals surface area contributed by atoms with Crippen molar-refractivity contribution in [3.8, 4) is 11.3 Å². The van der Waals surface area contributed by atoms with Gasteiger partial charge in [-0.05, 0) is 12.1 Å². The summed E-state index contributed by atoms with van der Waals surface area (Å²) in [7, 11) is -3.37. The zero-order valence-electron chi connectivity index (χ0n) is 12.0. The monoisotopic (exact) mass is 340 g/mol. The lowest BCUT2D eigenvalue weighted by Crippen LogP contribution is -1.99. The van der Waals surface area contributed by atoms with Crippen LogP contribution in [0.25, 0.3) is 11.3 Å². The number of hydrogen-bond donors (Lipinski definition) is 0. The van der Waals surface area contributed by atoms with Crippen LogP contribution < -0.4 is 0 Å². The van der Waals surface area contributed by atoms with Gasteiger partial charge >= 0.3 is 5.69 Å². The van der Waals surface area contributed by atoms with Gasteiger partial charge in [0.2, 0.25) is 5.76 Å². The lowest BCUT2D eigenvalue weighted by molar-refractivity contribution is -0.385. The van der Waals surface area contributed by atoms with Crippen LogP contribution >= 0.6 is 0 Å². The van der Waals surface area contributed by atoms with E-state index in [9.17, 15) is 23.3 Å². The minimum atomic E-state index is -3.37. The molecule has 23 heavy (non-hydrogen) atoms. The molecule has 0 saturated heterocycles. The van der Waals surface area contributed by atoms with E-state index in [0.717, 1.165) is 6.26 Å². The quantitative estimate of drug-likeness (QED) is 0.320. The van der Waals surface area contributed by atoms with E-state index in [1.54, 1.807) is 0 Å². The van der Waals surface area contributed by atoms with E-state index in [2.05, 4.69) is 9.89 Å². The van der Waals surface area contributed by atoms with Crippen LogP contribution in [0.5, 0.6) is 0 Å². The molecular formula is C13H12N2O7S. The van der Waals surface area contributed by atoms with Crippen molar-refractivity contribution in [1.29, 1.82) is 0 Å². The highest BCUT2D eigenvalue weighted by atomic mass is 32.2. The second-order valence-corrected chi connectivity index (χ2v) is 6.59. The summed E-state index contributed by atoms with van der Waals surface area (Å²) in [5.41, 5.74) is -0.0156. The molecule has 1 aromatic heterocycles. The zero-order valence-corrected chi connectivity index (χ0v) is 12.8. The van der Waals surface area contributed by atoms with E-state index >= 15 is 0 Å². The van der Waals surface area contributed by atoms with Gasteiger partial charge in [-0.15, -0.1) is 0 Å². The average Bonchev–Trinajstić information content (AvgIpc) is 2.91. The predicted molar refractivity (Wildman–Crippen MR) is 77.4 cm³/mol. The number of carbonyl (C=O) groups excluding carboxylic acids is 1. The van der Waals surface area contributed by atoms with E-state index in [4.69, 9.17) is 4.52 Å². The molecule has 0 amide bonds. The molecule has 0 atom stereocenters. The Balaban J connectivity index is 2.39. The topological polar surface area (TPSA) is 130 Å². The molecule has 0 aliphatic rings. The maximum Gasteiger partial charge on any atom is 0.339 e. The Morgan fingerprint density at radius 2 is 2.00 bits per heavy atom. The maximum atomic E-state index is 11.4. The number of carbonyl (C=O) groups is 1. The van der Waals surface area contributed by atoms with Crippen LogP contribution in [0, 0.1) is 10.1 Å². The first kappa shape index (κ1) is 16.6. The van der Waals surface area contributed by atoms with Gasteiger partial charge in [-0.2, -0.15) is 0 Å². The third kappa shape index (κ3) is 3.72. The number of sulfone groups is 1. The third-order valence-electron chi connectivity index (χ3n) is 2.99. The Morgan fingerprint density at radius 1 is 1.35 bits per heavy atom. The molecule has 0 unspecified atom stereocenters. The highest BCUT2D eigenvalue weighted by Crippen LogP contribution is 2.33. The van der Waals surface area contributed by atoms with Gasteiger partial charge in [0.1, 0.15) is 0 Å². The predicted octanol–water partition coefficient (Wildman–Crippen LogP) is 1.37. The van der Waals surface area contributed by atoms with Crippen molar-refractivity contribution in [1.82, 2.24) is 5.16 Å². The molecule has 0 radical (unpaired) electrons. The fourth-order valence-electron chi connectivity index (χ4n) is 1.92. The number of benzene rings is 1. The Labute approximate surface area is 130 Å². The second-order valence-electron chi connectivity index (χ2n) is 4.57. The third-order valence-corrected chi connectivity index (χ3v) is 4.12. The van der Waals surface area contributed by atoms with Gasteiger partial charge in [0.25, 0.3) is 6.47 Å². The molecule has 0 N–H and O–H groups in total. The van der Waals surface area contributed by atoms with Crippen LogP contribution in [-0.2, 0) is 25.8 Å². The molecule has 10 heteroatoms. The summed E-state index contributed by atoms with van der Waals surface area (Å²) < 4.78 is 32.3. The smallest absolute Gasteiger partial charge is 0.339 e. The molecule has 0 fully saturated rings. The number of aromatic nitrogens is 1. The van der Waals surface area contributed by atoms with Gasteiger partial charge < -0.3 is 9.26 Å². The van der Waals surface area contributed by atoms with E-state index in [1.165, 1.54) is 24.3 Å². The average molecular weight is 340 g/mol. The highest BCUT2D eigenvalue weighted by molar-refractivity contribution is 7.90. The fraction of sp³-hybridized carbons (Fsp3) is 0.231. The normalized spacial score (nSPS) is 11.2. The lowest BCUT2D eigenvalue weighted by atomic mass is 10.1. The highest BCUT2D eigenvalue weighted by Gasteiger charge is 2.28. The van der Waals surface area contributed by atoms with E-state index in [-0.39, 0.29) is 41.5 Å². The van der Waals surface area contributed by atoms with Gasteiger partial charge in [0, 0.05) is 18.2 Å². The minimum Gasteiger partial charge on any atom is -0.467 e. The van der Waals surface area contributed by atoms with Crippen LogP contribution in [0.3, 0.4) is 0 Å². The fourth-order valence-corrected chi connectivity index (χ4v) is 2.55. The van der Waals surface area contributed by atoms with Crippen molar-refractivity contribution in [2.24, 2.45) is 0 Å². The first-order valence-electron chi connectivity index (χ1n) is 6.33. The van der Waals surface area contributed by atoms with Gasteiger partial charge in [0.15, 0.2) is 15.5 Å². The minimum absolute atomic E-state index is 0.00345. The van der Waals surface area contributed by atoms with Crippen LogP contribution in [0.4, 0.5) is 5.69 Å². The van der Waals surface area contributed by atoms with Gasteiger partial charge in [-0.25, -0.2) is 8.42 Å². The number of nitro groups is 1. The first-order chi connectivity index (χ1) is 10.8. The Morgan fingerprint density at radius 3 is 2.52 bits per heavy atom. The first-order valence-corrected chi connectivity index (χ1v) is 8.22. The van der Waals surface area contributed by atoms with Crippen molar-refractivity contribution < 1.29 is 27.4 Å². The van der Waals surface area contributed by atoms with Crippen molar-refractivity contribution in [2.75, 3.05) is 12.9 Å². The van der Waals surface area contributed by atoms with Crippen molar-refractivity contribution in [2.45, 2.75) is 11.3 Å². The zero-order chi connectivity index (χ0) is 17.0. The molecule has 0 aliphatic heterocycles. The number of hydrogen-bond acceptors (Lipinski definition) is 8. The molecule has 2 rings (SSSR count). The van der Waals surface area contributed by atoms with Crippen LogP contribution in [-0.4, -0.2) is 37.8 Å². The summed E-state index contributed by atoms with van der Waals surface area (Å²) in [5, 5.41) is 14.9. The van der Waals surface area contributed by atoms with E-state index in [1.807, 2.05) is 0 Å². The summed E-state index contributed by atoms with van der Waals surface area (Å²) >= 11 is 0. The summed E-state index contributed by atoms with van der Waals surface area (Å²) in [6, 6.07) is 5.48. The molecule has 0 spiro atoms. The number of nitrogens with zero attached hydrogens (tertiary/aromatic N) is 2. The van der Waals surface area contributed by atoms with Gasteiger partial charge in [-0.3, -0.25) is 14.9 Å². The van der Waals surface area contributed by atoms with Gasteiger partial charge in [0.05, 0.1) is 16.4 Å². The van der Waals surface area contributed by atoms with E-state index < -0.39 is 14.8 Å². The molecule has 1 heterocycles. The number of ether oxygens (including phenoxy) is 1. The largest absolute Gasteiger partial charge is 0.467 e. The molecule has 0 bridgehead atoms. The summed E-state index contributed by atoms with van der Waals surface area (Å²) in [6.45, 7) is 0.152. The molecule has 0 aliphatic carbocycles. The maximum absolute atomic E-state index is 11.4. The summed E-state index contributed by atoms with van der Waals surface area (Å²) in [4.78, 5) is 20.8. The Kier molecular flexibility index (Phi) is 4.74. The number of rotatable bonds is 7. The van der Waals surface area contributed by atoms with Crippen molar-refractivity contribution >= 4 is 22.0 Å². The van der Waals surface area contributed by atoms with Crippen LogP contribution in [0.15, 0.2) is 33.7 Å². The molecule has 122 valence electrons. The van der Waals surface area contributed by atoms with Gasteiger partial charge in [-0.1, -0.05) is 17.3 Å². The lowest BCUT2D eigenvalue weighted by Gasteiger charge is -2.00. The van der Waals surface area contributed by atoms with Crippen molar-refractivity contribution in [3.63, 3.8) is 0 Å². The van der Waals surface area contributed by atoms with E-state index in [0.29, 0.717) is 5.56 Å². The molecule has 0 saturated carbocycles. The summed E-state index contributed by atoms with van der Waals surface area (Å²) in [5.74, 6) is -0.0287. The molecule has 2 aromatic rings. The Hall–Kier alpha value is -2.75. The molecule has 9 nitrogen and oxygen atoms in total. The second kappa shape index (κ2) is 6.57. The summed E-state index contributed by atoms with van der Waals surface area (Å²) in [6.07, 6.45) is 1.06. The van der Waals surface area contributed by atoms with Crippen LogP contribution in [0.1, 0.15) is 5.76 Å². The van der Waals surface area contributed by atoms with Crippen LogP contribution in [0.2, 0.25) is 0 Å². The SMILES string of the molecule is CS(=O)(=O)c1ccc(-c2noc(CCOC=O)c2[N+](=O)[O-])cc1. The van der Waals surface area contributed by atoms with Crippen molar-refractivity contribution in [3.05, 3.63) is 40.1 Å². The molecular weight excluding hydrogens is 328 g/mol. The molecule has 1 aromatic carbocycles.